The summed E-state index contributed by atoms with van der Waals surface area (Å²) in [5.41, 5.74) is 0.984. The molecule has 0 aliphatic heterocycles. The predicted octanol–water partition coefficient (Wildman–Crippen LogP) is 3.23. The normalized spacial score (nSPS) is 10.7. The van der Waals surface area contributed by atoms with E-state index in [1.165, 1.54) is 23.9 Å². The second-order valence-corrected chi connectivity index (χ2v) is 7.04. The zero-order chi connectivity index (χ0) is 20.8. The van der Waals surface area contributed by atoms with Crippen LogP contribution in [0.3, 0.4) is 0 Å². The van der Waals surface area contributed by atoms with Gasteiger partial charge in [-0.05, 0) is 18.6 Å². The van der Waals surface area contributed by atoms with Crippen LogP contribution in [-0.4, -0.2) is 36.5 Å². The van der Waals surface area contributed by atoms with Crippen molar-refractivity contribution in [2.75, 3.05) is 11.1 Å². The smallest absolute Gasteiger partial charge is 0.273 e. The van der Waals surface area contributed by atoms with Crippen LogP contribution in [-0.2, 0) is 17.8 Å². The van der Waals surface area contributed by atoms with Crippen molar-refractivity contribution in [3.63, 3.8) is 0 Å². The molecule has 0 atom stereocenters. The first-order chi connectivity index (χ1) is 14.0. The number of benzene rings is 2. The summed E-state index contributed by atoms with van der Waals surface area (Å²) in [6, 6.07) is 13.4. The Morgan fingerprint density at radius 2 is 2.00 bits per heavy atom. The lowest BCUT2D eigenvalue weighted by Gasteiger charge is -2.08. The summed E-state index contributed by atoms with van der Waals surface area (Å²) in [6.45, 7) is 2.65. The largest absolute Gasteiger partial charge is 0.506 e. The summed E-state index contributed by atoms with van der Waals surface area (Å²) < 4.78 is 1.95. The van der Waals surface area contributed by atoms with E-state index in [-0.39, 0.29) is 28.8 Å². The molecule has 0 saturated heterocycles. The molecule has 3 aromatic rings. The standard InChI is InChI=1S/C19H19N5O4S/c1-2-23-17(10-13-6-4-3-5-7-13)21-22-19(23)29-12-18(26)20-15-9-8-14(24(27)28)11-16(15)25/h3-9,11,25H,2,10,12H2,1H3,(H,20,26). The van der Waals surface area contributed by atoms with Crippen LogP contribution in [0.1, 0.15) is 18.3 Å². The molecule has 1 aromatic heterocycles. The van der Waals surface area contributed by atoms with E-state index in [0.717, 1.165) is 17.5 Å². The number of nitro groups is 1. The number of phenolic OH excluding ortho intramolecular Hbond substituents is 1. The number of nitrogens with zero attached hydrogens (tertiary/aromatic N) is 4. The molecule has 0 unspecified atom stereocenters. The second kappa shape index (κ2) is 9.20. The summed E-state index contributed by atoms with van der Waals surface area (Å²) in [6.07, 6.45) is 0.644. The van der Waals surface area contributed by atoms with Crippen molar-refractivity contribution in [2.24, 2.45) is 0 Å². The van der Waals surface area contributed by atoms with Gasteiger partial charge in [-0.3, -0.25) is 14.9 Å². The van der Waals surface area contributed by atoms with E-state index in [2.05, 4.69) is 15.5 Å². The van der Waals surface area contributed by atoms with E-state index < -0.39 is 4.92 Å². The number of aromatic hydroxyl groups is 1. The van der Waals surface area contributed by atoms with Gasteiger partial charge in [0, 0.05) is 19.0 Å². The highest BCUT2D eigenvalue weighted by atomic mass is 32.2. The van der Waals surface area contributed by atoms with Crippen molar-refractivity contribution in [1.82, 2.24) is 14.8 Å². The first-order valence-electron chi connectivity index (χ1n) is 8.84. The number of anilines is 1. The van der Waals surface area contributed by atoms with E-state index in [1.54, 1.807) is 0 Å². The van der Waals surface area contributed by atoms with Crippen molar-refractivity contribution >= 4 is 29.0 Å². The first-order valence-corrected chi connectivity index (χ1v) is 9.82. The van der Waals surface area contributed by atoms with E-state index in [4.69, 9.17) is 0 Å². The van der Waals surface area contributed by atoms with Gasteiger partial charge >= 0.3 is 0 Å². The molecule has 0 aliphatic rings. The Labute approximate surface area is 170 Å². The average molecular weight is 413 g/mol. The highest BCUT2D eigenvalue weighted by Gasteiger charge is 2.15. The molecule has 150 valence electrons. The number of carbonyl (C=O) groups excluding carboxylic acids is 1. The molecule has 2 N–H and O–H groups in total. The molecule has 0 fully saturated rings. The number of nitro benzene ring substituents is 1. The van der Waals surface area contributed by atoms with Gasteiger partial charge < -0.3 is 15.0 Å². The number of thioether (sulfide) groups is 1. The van der Waals surface area contributed by atoms with E-state index >= 15 is 0 Å². The fourth-order valence-corrected chi connectivity index (χ4v) is 3.53. The highest BCUT2D eigenvalue weighted by Crippen LogP contribution is 2.28. The van der Waals surface area contributed by atoms with Crippen LogP contribution >= 0.6 is 11.8 Å². The van der Waals surface area contributed by atoms with Crippen molar-refractivity contribution in [1.29, 1.82) is 0 Å². The van der Waals surface area contributed by atoms with E-state index in [9.17, 15) is 20.0 Å². The second-order valence-electron chi connectivity index (χ2n) is 6.10. The van der Waals surface area contributed by atoms with Crippen molar-refractivity contribution in [3.05, 3.63) is 70.0 Å². The lowest BCUT2D eigenvalue weighted by atomic mass is 10.1. The maximum absolute atomic E-state index is 12.2. The van der Waals surface area contributed by atoms with Crippen LogP contribution in [0.2, 0.25) is 0 Å². The van der Waals surface area contributed by atoms with Gasteiger partial charge in [0.05, 0.1) is 22.4 Å². The zero-order valence-electron chi connectivity index (χ0n) is 15.6. The van der Waals surface area contributed by atoms with Gasteiger partial charge in [0.2, 0.25) is 5.91 Å². The summed E-state index contributed by atoms with van der Waals surface area (Å²) in [5, 5.41) is 32.2. The van der Waals surface area contributed by atoms with Crippen molar-refractivity contribution in [2.45, 2.75) is 25.0 Å². The van der Waals surface area contributed by atoms with Crippen molar-refractivity contribution in [3.8, 4) is 5.75 Å². The fourth-order valence-electron chi connectivity index (χ4n) is 2.71. The lowest BCUT2D eigenvalue weighted by molar-refractivity contribution is -0.384. The summed E-state index contributed by atoms with van der Waals surface area (Å²) in [7, 11) is 0. The molecule has 0 saturated carbocycles. The Balaban J connectivity index is 1.62. The Kier molecular flexibility index (Phi) is 6.45. The van der Waals surface area contributed by atoms with Gasteiger partial charge in [0.25, 0.3) is 5.69 Å². The average Bonchev–Trinajstić information content (AvgIpc) is 3.10. The molecule has 3 rings (SSSR count). The number of hydrogen-bond acceptors (Lipinski definition) is 7. The molecule has 9 nitrogen and oxygen atoms in total. The topological polar surface area (TPSA) is 123 Å². The minimum Gasteiger partial charge on any atom is -0.506 e. The maximum Gasteiger partial charge on any atom is 0.273 e. The molecule has 2 aromatic carbocycles. The third-order valence-corrected chi connectivity index (χ3v) is 5.08. The number of non-ortho nitro benzene ring substituents is 1. The van der Waals surface area contributed by atoms with Crippen LogP contribution in [0.15, 0.2) is 53.7 Å². The minimum atomic E-state index is -0.619. The van der Waals surface area contributed by atoms with Crippen LogP contribution in [0.5, 0.6) is 5.75 Å². The minimum absolute atomic E-state index is 0.0555. The SMILES string of the molecule is CCn1c(Cc2ccccc2)nnc1SCC(=O)Nc1ccc([N+](=O)[O-])cc1O. The number of nitrogens with one attached hydrogen (secondary N) is 1. The Hall–Kier alpha value is -3.40. The fraction of sp³-hybridized carbons (Fsp3) is 0.211. The van der Waals surface area contributed by atoms with Gasteiger partial charge in [-0.15, -0.1) is 10.2 Å². The molecule has 0 aliphatic carbocycles. The number of carbonyl (C=O) groups is 1. The molecule has 1 amide bonds. The number of aromatic nitrogens is 3. The molecule has 10 heteroatoms. The van der Waals surface area contributed by atoms with Gasteiger partial charge in [-0.2, -0.15) is 0 Å². The quantitative estimate of drug-likeness (QED) is 0.251. The van der Waals surface area contributed by atoms with Crippen LogP contribution in [0.25, 0.3) is 0 Å². The van der Waals surface area contributed by atoms with Gasteiger partial charge in [-0.1, -0.05) is 42.1 Å². The van der Waals surface area contributed by atoms with Crippen LogP contribution in [0.4, 0.5) is 11.4 Å². The molecule has 0 spiro atoms. The number of rotatable bonds is 8. The lowest BCUT2D eigenvalue weighted by Crippen LogP contribution is -2.15. The molecule has 0 radical (unpaired) electrons. The number of hydrogen-bond donors (Lipinski definition) is 2. The van der Waals surface area contributed by atoms with Gasteiger partial charge in [-0.25, -0.2) is 0 Å². The summed E-state index contributed by atoms with van der Waals surface area (Å²) in [5.74, 6) is 0.142. The third-order valence-electron chi connectivity index (χ3n) is 4.11. The molecule has 29 heavy (non-hydrogen) atoms. The molecule has 0 bridgehead atoms. The predicted molar refractivity (Wildman–Crippen MR) is 109 cm³/mol. The summed E-state index contributed by atoms with van der Waals surface area (Å²) in [4.78, 5) is 22.3. The third kappa shape index (κ3) is 5.11. The Morgan fingerprint density at radius 3 is 2.66 bits per heavy atom. The first kappa shape index (κ1) is 20.3. The highest BCUT2D eigenvalue weighted by molar-refractivity contribution is 7.99. The van der Waals surface area contributed by atoms with Crippen LogP contribution in [0, 0.1) is 10.1 Å². The van der Waals surface area contributed by atoms with Gasteiger partial charge in [0.1, 0.15) is 11.6 Å². The van der Waals surface area contributed by atoms with E-state index in [0.29, 0.717) is 18.1 Å². The molecule has 1 heterocycles. The van der Waals surface area contributed by atoms with Crippen molar-refractivity contribution < 1.29 is 14.8 Å². The van der Waals surface area contributed by atoms with Gasteiger partial charge in [0.15, 0.2) is 5.16 Å². The molecular weight excluding hydrogens is 394 g/mol. The summed E-state index contributed by atoms with van der Waals surface area (Å²) >= 11 is 1.23. The Bertz CT molecular complexity index is 1020. The number of amides is 1. The Morgan fingerprint density at radius 1 is 1.24 bits per heavy atom. The van der Waals surface area contributed by atoms with E-state index in [1.807, 2.05) is 41.8 Å². The molecular formula is C19H19N5O4S. The zero-order valence-corrected chi connectivity index (χ0v) is 16.4. The maximum atomic E-state index is 12.2. The van der Waals surface area contributed by atoms with Crippen LogP contribution < -0.4 is 5.32 Å². The monoisotopic (exact) mass is 413 g/mol. The number of phenols is 1.